The van der Waals surface area contributed by atoms with E-state index in [0.29, 0.717) is 5.52 Å². The molecule has 82 valence electrons. The molecule has 0 spiro atoms. The molecule has 0 aliphatic carbocycles. The number of hydrogen-bond acceptors (Lipinski definition) is 5. The molecule has 0 saturated carbocycles. The number of nitrogens with zero attached hydrogens (tertiary/aromatic N) is 2. The lowest BCUT2D eigenvalue weighted by Crippen LogP contribution is -2.37. The molecule has 0 radical (unpaired) electrons. The van der Waals surface area contributed by atoms with Gasteiger partial charge in [0.05, 0.1) is 0 Å². The van der Waals surface area contributed by atoms with Gasteiger partial charge in [0.1, 0.15) is 34.6 Å². The van der Waals surface area contributed by atoms with Crippen LogP contribution in [0.1, 0.15) is 25.5 Å². The molecule has 16 heavy (non-hydrogen) atoms. The summed E-state index contributed by atoms with van der Waals surface area (Å²) in [5, 5.41) is 7.63. The van der Waals surface area contributed by atoms with E-state index in [1.165, 1.54) is 0 Å². The van der Waals surface area contributed by atoms with Gasteiger partial charge in [0, 0.05) is 11.6 Å². The fraction of sp³-hybridized carbons (Fsp3) is 0.455. The van der Waals surface area contributed by atoms with Gasteiger partial charge < -0.3 is 9.47 Å². The minimum atomic E-state index is -0.275. The SMILES string of the molecule is CC1(C)Oc2cc3nonc3cc2[C@@H]2O[C@@H]21. The second kappa shape index (κ2) is 2.38. The molecule has 0 unspecified atom stereocenters. The zero-order chi connectivity index (χ0) is 10.9. The Kier molecular flexibility index (Phi) is 1.27. The number of epoxide rings is 1. The van der Waals surface area contributed by atoms with Gasteiger partial charge in [-0.3, -0.25) is 0 Å². The summed E-state index contributed by atoms with van der Waals surface area (Å²) in [4.78, 5) is 0. The molecule has 2 aliphatic heterocycles. The van der Waals surface area contributed by atoms with Crippen molar-refractivity contribution < 1.29 is 14.1 Å². The molecule has 0 N–H and O–H groups in total. The third-order valence-corrected chi connectivity index (χ3v) is 3.24. The molecule has 2 aromatic rings. The summed E-state index contributed by atoms with van der Waals surface area (Å²) in [6.45, 7) is 4.07. The van der Waals surface area contributed by atoms with Gasteiger partial charge in [0.2, 0.25) is 0 Å². The Labute approximate surface area is 91.3 Å². The highest BCUT2D eigenvalue weighted by molar-refractivity contribution is 5.77. The molecular weight excluding hydrogens is 208 g/mol. The molecule has 3 heterocycles. The second-order valence-electron chi connectivity index (χ2n) is 4.83. The van der Waals surface area contributed by atoms with Crippen molar-refractivity contribution >= 4 is 11.0 Å². The maximum absolute atomic E-state index is 5.92. The van der Waals surface area contributed by atoms with Gasteiger partial charge in [-0.1, -0.05) is 0 Å². The maximum Gasteiger partial charge on any atom is 0.138 e. The van der Waals surface area contributed by atoms with Crippen molar-refractivity contribution in [3.05, 3.63) is 17.7 Å². The van der Waals surface area contributed by atoms with Gasteiger partial charge >= 0.3 is 0 Å². The number of benzene rings is 1. The number of hydrogen-bond donors (Lipinski definition) is 0. The first-order valence-electron chi connectivity index (χ1n) is 5.26. The van der Waals surface area contributed by atoms with Crippen LogP contribution in [-0.4, -0.2) is 22.0 Å². The van der Waals surface area contributed by atoms with Crippen LogP contribution in [0.4, 0.5) is 0 Å². The van der Waals surface area contributed by atoms with Crippen LogP contribution in [0.5, 0.6) is 5.75 Å². The fourth-order valence-electron chi connectivity index (χ4n) is 2.36. The number of fused-ring (bicyclic) bond motifs is 4. The van der Waals surface area contributed by atoms with Gasteiger partial charge in [0.15, 0.2) is 0 Å². The van der Waals surface area contributed by atoms with Gasteiger partial charge in [0.25, 0.3) is 0 Å². The highest BCUT2D eigenvalue weighted by atomic mass is 16.6. The van der Waals surface area contributed by atoms with E-state index in [2.05, 4.69) is 14.9 Å². The van der Waals surface area contributed by atoms with E-state index in [4.69, 9.17) is 9.47 Å². The van der Waals surface area contributed by atoms with E-state index >= 15 is 0 Å². The fourth-order valence-corrected chi connectivity index (χ4v) is 2.36. The Balaban J connectivity index is 1.96. The van der Waals surface area contributed by atoms with E-state index in [0.717, 1.165) is 16.8 Å². The third-order valence-electron chi connectivity index (χ3n) is 3.24. The topological polar surface area (TPSA) is 60.7 Å². The van der Waals surface area contributed by atoms with Crippen LogP contribution in [0.2, 0.25) is 0 Å². The van der Waals surface area contributed by atoms with Gasteiger partial charge in [-0.25, -0.2) is 4.63 Å². The molecule has 2 atom stereocenters. The normalized spacial score (nSPS) is 29.4. The standard InChI is InChI=1S/C11H10N2O3/c1-11(2)10-9(14-10)5-3-6-7(13-16-12-6)4-8(5)15-11/h3-4,9-10H,1-2H3/t9-,10-/m0/s1. The van der Waals surface area contributed by atoms with Crippen molar-refractivity contribution in [2.45, 2.75) is 31.7 Å². The maximum atomic E-state index is 5.92. The van der Waals surface area contributed by atoms with Crippen LogP contribution in [0.15, 0.2) is 16.8 Å². The van der Waals surface area contributed by atoms with Crippen molar-refractivity contribution in [3.8, 4) is 5.75 Å². The average Bonchev–Trinajstić information content (AvgIpc) is 2.91. The Morgan fingerprint density at radius 2 is 1.94 bits per heavy atom. The van der Waals surface area contributed by atoms with E-state index < -0.39 is 0 Å². The summed E-state index contributed by atoms with van der Waals surface area (Å²) < 4.78 is 16.2. The lowest BCUT2D eigenvalue weighted by Gasteiger charge is -2.29. The van der Waals surface area contributed by atoms with Crippen molar-refractivity contribution in [3.63, 3.8) is 0 Å². The minimum absolute atomic E-state index is 0.139. The Bertz CT molecular complexity index is 590. The molecule has 1 aromatic heterocycles. The predicted molar refractivity (Wildman–Crippen MR) is 54.1 cm³/mol. The number of aromatic nitrogens is 2. The van der Waals surface area contributed by atoms with Gasteiger partial charge in [-0.2, -0.15) is 0 Å². The predicted octanol–water partition coefficient (Wildman–Crippen LogP) is 1.83. The monoisotopic (exact) mass is 218 g/mol. The van der Waals surface area contributed by atoms with E-state index in [-0.39, 0.29) is 17.8 Å². The zero-order valence-electron chi connectivity index (χ0n) is 8.93. The van der Waals surface area contributed by atoms with Crippen LogP contribution < -0.4 is 4.74 Å². The number of rotatable bonds is 0. The van der Waals surface area contributed by atoms with Crippen molar-refractivity contribution in [2.75, 3.05) is 0 Å². The summed E-state index contributed by atoms with van der Waals surface area (Å²) in [5.41, 5.74) is 2.24. The minimum Gasteiger partial charge on any atom is -0.485 e. The average molecular weight is 218 g/mol. The number of ether oxygens (including phenoxy) is 2. The van der Waals surface area contributed by atoms with Crippen LogP contribution in [0, 0.1) is 0 Å². The van der Waals surface area contributed by atoms with Crippen LogP contribution >= 0.6 is 0 Å². The summed E-state index contributed by atoms with van der Waals surface area (Å²) >= 11 is 0. The molecule has 1 saturated heterocycles. The van der Waals surface area contributed by atoms with Crippen molar-refractivity contribution in [1.82, 2.24) is 10.3 Å². The van der Waals surface area contributed by atoms with Crippen LogP contribution in [0.3, 0.4) is 0 Å². The Hall–Kier alpha value is -1.62. The Morgan fingerprint density at radius 1 is 1.19 bits per heavy atom. The molecule has 1 aromatic carbocycles. The highest BCUT2D eigenvalue weighted by Crippen LogP contribution is 2.54. The Morgan fingerprint density at radius 3 is 2.75 bits per heavy atom. The molecule has 2 aliphatic rings. The summed E-state index contributed by atoms with van der Waals surface area (Å²) in [6, 6.07) is 3.79. The van der Waals surface area contributed by atoms with Gasteiger partial charge in [-0.05, 0) is 30.2 Å². The van der Waals surface area contributed by atoms with Crippen molar-refractivity contribution in [2.24, 2.45) is 0 Å². The van der Waals surface area contributed by atoms with Gasteiger partial charge in [-0.15, -0.1) is 0 Å². The lowest BCUT2D eigenvalue weighted by molar-refractivity contribution is 0.0727. The first-order chi connectivity index (χ1) is 7.65. The highest BCUT2D eigenvalue weighted by Gasteiger charge is 2.56. The molecule has 0 amide bonds. The molecule has 5 heteroatoms. The summed E-state index contributed by atoms with van der Waals surface area (Å²) in [7, 11) is 0. The molecular formula is C11H10N2O3. The van der Waals surface area contributed by atoms with Crippen molar-refractivity contribution in [1.29, 1.82) is 0 Å². The molecule has 4 rings (SSSR count). The molecule has 5 nitrogen and oxygen atoms in total. The molecule has 0 bridgehead atoms. The largest absolute Gasteiger partial charge is 0.485 e. The first-order valence-corrected chi connectivity index (χ1v) is 5.26. The quantitative estimate of drug-likeness (QED) is 0.631. The second-order valence-corrected chi connectivity index (χ2v) is 4.83. The van der Waals surface area contributed by atoms with E-state index in [1.807, 2.05) is 26.0 Å². The first kappa shape index (κ1) is 8.52. The third kappa shape index (κ3) is 0.936. The van der Waals surface area contributed by atoms with Crippen LogP contribution in [-0.2, 0) is 4.74 Å². The molecule has 1 fully saturated rings. The van der Waals surface area contributed by atoms with E-state index in [9.17, 15) is 0 Å². The van der Waals surface area contributed by atoms with E-state index in [1.54, 1.807) is 0 Å². The summed E-state index contributed by atoms with van der Waals surface area (Å²) in [5.74, 6) is 0.826. The zero-order valence-corrected chi connectivity index (χ0v) is 8.93. The summed E-state index contributed by atoms with van der Waals surface area (Å²) in [6.07, 6.45) is 0.289. The lowest BCUT2D eigenvalue weighted by atomic mass is 9.94. The van der Waals surface area contributed by atoms with Crippen LogP contribution in [0.25, 0.3) is 11.0 Å². The smallest absolute Gasteiger partial charge is 0.138 e.